The molecular formula is C22H22N2O4. The minimum absolute atomic E-state index is 0.124. The molecule has 0 aromatic heterocycles. The summed E-state index contributed by atoms with van der Waals surface area (Å²) in [6.07, 6.45) is 0.174. The SMILES string of the molecule is Cc1cccc(C(=O)NC2(C(=O)O)Cc3ccc(C#N)cc3C2)c1OC(C)C. The number of nitrogens with zero attached hydrogens (tertiary/aromatic N) is 1. The van der Waals surface area contributed by atoms with Crippen LogP contribution in [-0.4, -0.2) is 28.6 Å². The normalized spacial score (nSPS) is 17.7. The van der Waals surface area contributed by atoms with Gasteiger partial charge in [0.05, 0.1) is 23.3 Å². The van der Waals surface area contributed by atoms with Crippen molar-refractivity contribution >= 4 is 11.9 Å². The molecular weight excluding hydrogens is 356 g/mol. The highest BCUT2D eigenvalue weighted by molar-refractivity contribution is 6.00. The van der Waals surface area contributed by atoms with Crippen LogP contribution in [0, 0.1) is 18.3 Å². The first-order valence-electron chi connectivity index (χ1n) is 9.10. The van der Waals surface area contributed by atoms with Crippen LogP contribution in [0.15, 0.2) is 36.4 Å². The Bertz CT molecular complexity index is 991. The summed E-state index contributed by atoms with van der Waals surface area (Å²) in [5.41, 5.74) is 1.72. The van der Waals surface area contributed by atoms with Crippen LogP contribution in [0.2, 0.25) is 0 Å². The maximum atomic E-state index is 13.0. The van der Waals surface area contributed by atoms with E-state index in [0.29, 0.717) is 16.9 Å². The molecule has 0 saturated carbocycles. The molecule has 144 valence electrons. The fourth-order valence-electron chi connectivity index (χ4n) is 3.55. The molecule has 6 nitrogen and oxygen atoms in total. The van der Waals surface area contributed by atoms with Crippen molar-refractivity contribution in [1.82, 2.24) is 5.32 Å². The fourth-order valence-corrected chi connectivity index (χ4v) is 3.55. The Labute approximate surface area is 163 Å². The summed E-state index contributed by atoms with van der Waals surface area (Å²) < 4.78 is 5.80. The highest BCUT2D eigenvalue weighted by atomic mass is 16.5. The van der Waals surface area contributed by atoms with Crippen LogP contribution in [0.1, 0.15) is 46.5 Å². The number of nitrogens with one attached hydrogen (secondary N) is 1. The Morgan fingerprint density at radius 3 is 2.57 bits per heavy atom. The van der Waals surface area contributed by atoms with E-state index in [1.807, 2.05) is 26.8 Å². The molecule has 0 radical (unpaired) electrons. The number of ether oxygens (including phenoxy) is 1. The molecule has 0 bridgehead atoms. The molecule has 0 saturated heterocycles. The van der Waals surface area contributed by atoms with Crippen molar-refractivity contribution < 1.29 is 19.4 Å². The van der Waals surface area contributed by atoms with Crippen molar-refractivity contribution in [2.45, 2.75) is 45.3 Å². The molecule has 3 rings (SSSR count). The van der Waals surface area contributed by atoms with Gasteiger partial charge in [-0.05, 0) is 55.7 Å². The topological polar surface area (TPSA) is 99.4 Å². The smallest absolute Gasteiger partial charge is 0.330 e. The Balaban J connectivity index is 1.93. The van der Waals surface area contributed by atoms with Crippen LogP contribution < -0.4 is 10.1 Å². The van der Waals surface area contributed by atoms with Gasteiger partial charge in [-0.1, -0.05) is 18.2 Å². The first-order valence-corrected chi connectivity index (χ1v) is 9.10. The Kier molecular flexibility index (Phi) is 5.10. The van der Waals surface area contributed by atoms with E-state index in [1.165, 1.54) is 0 Å². The number of benzene rings is 2. The van der Waals surface area contributed by atoms with Crippen molar-refractivity contribution in [2.75, 3.05) is 0 Å². The number of aryl methyl sites for hydroxylation is 1. The van der Waals surface area contributed by atoms with Crippen molar-refractivity contribution in [3.05, 3.63) is 64.2 Å². The van der Waals surface area contributed by atoms with E-state index in [-0.39, 0.29) is 18.9 Å². The van der Waals surface area contributed by atoms with Crippen LogP contribution >= 0.6 is 0 Å². The molecule has 2 N–H and O–H groups in total. The summed E-state index contributed by atoms with van der Waals surface area (Å²) in [6.45, 7) is 5.58. The largest absolute Gasteiger partial charge is 0.490 e. The third-order valence-electron chi connectivity index (χ3n) is 4.89. The number of carboxylic acids is 1. The fraction of sp³-hybridized carbons (Fsp3) is 0.318. The molecule has 0 fully saturated rings. The van der Waals surface area contributed by atoms with Gasteiger partial charge in [0.25, 0.3) is 5.91 Å². The second kappa shape index (κ2) is 7.35. The van der Waals surface area contributed by atoms with E-state index < -0.39 is 17.4 Å². The number of amides is 1. The summed E-state index contributed by atoms with van der Waals surface area (Å²) in [7, 11) is 0. The number of hydrogen-bond acceptors (Lipinski definition) is 4. The Morgan fingerprint density at radius 2 is 1.93 bits per heavy atom. The maximum absolute atomic E-state index is 13.0. The third-order valence-corrected chi connectivity index (χ3v) is 4.89. The van der Waals surface area contributed by atoms with Gasteiger partial charge in [0, 0.05) is 12.8 Å². The second-order valence-electron chi connectivity index (χ2n) is 7.41. The van der Waals surface area contributed by atoms with E-state index in [9.17, 15) is 14.7 Å². The van der Waals surface area contributed by atoms with Gasteiger partial charge in [-0.2, -0.15) is 5.26 Å². The van der Waals surface area contributed by atoms with Crippen molar-refractivity contribution in [1.29, 1.82) is 5.26 Å². The maximum Gasteiger partial charge on any atom is 0.330 e. The van der Waals surface area contributed by atoms with Gasteiger partial charge in [-0.15, -0.1) is 0 Å². The molecule has 1 aliphatic rings. The number of hydrogen-bond donors (Lipinski definition) is 2. The number of nitriles is 1. The van der Waals surface area contributed by atoms with E-state index in [1.54, 1.807) is 30.3 Å². The summed E-state index contributed by atoms with van der Waals surface area (Å²) in [6, 6.07) is 12.4. The number of fused-ring (bicyclic) bond motifs is 1. The number of carboxylic acid groups (broad SMARTS) is 1. The molecule has 0 aliphatic heterocycles. The number of aliphatic carboxylic acids is 1. The molecule has 1 aliphatic carbocycles. The monoisotopic (exact) mass is 378 g/mol. The lowest BCUT2D eigenvalue weighted by molar-refractivity contribution is -0.144. The van der Waals surface area contributed by atoms with Gasteiger partial charge in [0.1, 0.15) is 11.3 Å². The standard InChI is InChI=1S/C22H22N2O4/c1-13(2)28-19-14(3)5-4-6-18(19)20(25)24-22(21(26)27)10-16-8-7-15(12-23)9-17(16)11-22/h4-9,13H,10-11H2,1-3H3,(H,24,25)(H,26,27). The first-order chi connectivity index (χ1) is 13.3. The average Bonchev–Trinajstić information content (AvgIpc) is 3.01. The quantitative estimate of drug-likeness (QED) is 0.833. The highest BCUT2D eigenvalue weighted by Crippen LogP contribution is 2.33. The van der Waals surface area contributed by atoms with Gasteiger partial charge in [0.15, 0.2) is 0 Å². The lowest BCUT2D eigenvalue weighted by atomic mass is 9.95. The molecule has 28 heavy (non-hydrogen) atoms. The highest BCUT2D eigenvalue weighted by Gasteiger charge is 2.46. The summed E-state index contributed by atoms with van der Waals surface area (Å²) in [4.78, 5) is 25.2. The molecule has 1 amide bonds. The van der Waals surface area contributed by atoms with E-state index in [0.717, 1.165) is 16.7 Å². The number of para-hydroxylation sites is 1. The van der Waals surface area contributed by atoms with Crippen LogP contribution in [0.5, 0.6) is 5.75 Å². The minimum Gasteiger partial charge on any atom is -0.490 e. The second-order valence-corrected chi connectivity index (χ2v) is 7.41. The first kappa shape index (κ1) is 19.4. The Hall–Kier alpha value is -3.33. The number of carbonyl (C=O) groups excluding carboxylic acids is 1. The molecule has 1 unspecified atom stereocenters. The molecule has 0 heterocycles. The number of carbonyl (C=O) groups is 2. The predicted octanol–water partition coefficient (Wildman–Crippen LogP) is 3.01. The molecule has 1 atom stereocenters. The minimum atomic E-state index is -1.45. The Morgan fingerprint density at radius 1 is 1.21 bits per heavy atom. The zero-order valence-corrected chi connectivity index (χ0v) is 16.1. The van der Waals surface area contributed by atoms with Gasteiger partial charge in [-0.3, -0.25) is 4.79 Å². The molecule has 6 heteroatoms. The van der Waals surface area contributed by atoms with Gasteiger partial charge in [0.2, 0.25) is 0 Å². The summed E-state index contributed by atoms with van der Waals surface area (Å²) >= 11 is 0. The molecule has 0 spiro atoms. The van der Waals surface area contributed by atoms with Crippen LogP contribution in [0.3, 0.4) is 0 Å². The van der Waals surface area contributed by atoms with Crippen LogP contribution in [0.4, 0.5) is 0 Å². The zero-order chi connectivity index (χ0) is 20.5. The molecule has 2 aromatic carbocycles. The van der Waals surface area contributed by atoms with Crippen LogP contribution in [0.25, 0.3) is 0 Å². The number of rotatable bonds is 5. The van der Waals surface area contributed by atoms with E-state index in [2.05, 4.69) is 11.4 Å². The summed E-state index contributed by atoms with van der Waals surface area (Å²) in [5.74, 6) is -1.14. The van der Waals surface area contributed by atoms with Gasteiger partial charge >= 0.3 is 5.97 Å². The van der Waals surface area contributed by atoms with Crippen molar-refractivity contribution in [3.63, 3.8) is 0 Å². The lowest BCUT2D eigenvalue weighted by Gasteiger charge is -2.26. The zero-order valence-electron chi connectivity index (χ0n) is 16.1. The predicted molar refractivity (Wildman–Crippen MR) is 103 cm³/mol. The molecule has 2 aromatic rings. The lowest BCUT2D eigenvalue weighted by Crippen LogP contribution is -2.55. The van der Waals surface area contributed by atoms with Crippen molar-refractivity contribution in [3.8, 4) is 11.8 Å². The average molecular weight is 378 g/mol. The van der Waals surface area contributed by atoms with Gasteiger partial charge < -0.3 is 15.2 Å². The van der Waals surface area contributed by atoms with E-state index in [4.69, 9.17) is 10.00 Å². The van der Waals surface area contributed by atoms with E-state index >= 15 is 0 Å². The van der Waals surface area contributed by atoms with Crippen molar-refractivity contribution in [2.24, 2.45) is 0 Å². The summed E-state index contributed by atoms with van der Waals surface area (Å²) in [5, 5.41) is 21.7. The van der Waals surface area contributed by atoms with Crippen LogP contribution in [-0.2, 0) is 17.6 Å². The van der Waals surface area contributed by atoms with Gasteiger partial charge in [-0.25, -0.2) is 4.79 Å². The third kappa shape index (κ3) is 3.56.